The molecule has 2 rings (SSSR count). The van der Waals surface area contributed by atoms with E-state index < -0.39 is 79.8 Å². The van der Waals surface area contributed by atoms with Gasteiger partial charge < -0.3 is 24.1 Å². The molecule has 0 aliphatic rings. The summed E-state index contributed by atoms with van der Waals surface area (Å²) in [5.41, 5.74) is -3.85. The van der Waals surface area contributed by atoms with Crippen molar-refractivity contribution in [3.63, 3.8) is 0 Å². The molecule has 0 amide bonds. The fourth-order valence-electron chi connectivity index (χ4n) is 3.22. The third-order valence-corrected chi connectivity index (χ3v) is 5.23. The number of aliphatic carboxylic acids is 1. The number of carbonyl (C=O) groups is 1. The molecule has 0 saturated carbocycles. The van der Waals surface area contributed by atoms with Gasteiger partial charge in [-0.2, -0.15) is 26.3 Å². The van der Waals surface area contributed by atoms with Crippen molar-refractivity contribution in [1.29, 1.82) is 0 Å². The topological polar surface area (TPSA) is 125 Å². The maximum absolute atomic E-state index is 12.6. The van der Waals surface area contributed by atoms with Gasteiger partial charge in [-0.3, -0.25) is 9.36 Å². The van der Waals surface area contributed by atoms with E-state index in [0.717, 1.165) is 0 Å². The third kappa shape index (κ3) is 10.8. The molecule has 0 aliphatic carbocycles. The Balaban J connectivity index is 2.05. The zero-order chi connectivity index (χ0) is 30.1. The summed E-state index contributed by atoms with van der Waals surface area (Å²) >= 11 is 0. The molecule has 0 N–H and O–H groups in total. The summed E-state index contributed by atoms with van der Waals surface area (Å²) in [5.74, 6) is -1.56. The summed E-state index contributed by atoms with van der Waals surface area (Å²) in [4.78, 5) is 36.3. The van der Waals surface area contributed by atoms with Crippen molar-refractivity contribution in [1.82, 2.24) is 14.3 Å². The van der Waals surface area contributed by atoms with Crippen LogP contribution < -0.4 is 30.6 Å². The van der Waals surface area contributed by atoms with E-state index in [1.807, 2.05) is 0 Å². The molecule has 0 saturated heterocycles. The van der Waals surface area contributed by atoms with Gasteiger partial charge in [-0.1, -0.05) is 6.07 Å². The smallest absolute Gasteiger partial charge is 0.389 e. The van der Waals surface area contributed by atoms with E-state index >= 15 is 0 Å². The van der Waals surface area contributed by atoms with Crippen LogP contribution >= 0.6 is 0 Å². The zero-order valence-electron chi connectivity index (χ0n) is 21.6. The summed E-state index contributed by atoms with van der Waals surface area (Å²) in [7, 11) is 0. The van der Waals surface area contributed by atoms with E-state index in [-0.39, 0.29) is 25.4 Å². The number of carboxylic acids is 1. The van der Waals surface area contributed by atoms with Crippen LogP contribution in [0.1, 0.15) is 46.0 Å². The van der Waals surface area contributed by atoms with Crippen LogP contribution in [-0.2, 0) is 17.9 Å². The van der Waals surface area contributed by atoms with Crippen LogP contribution in [0.3, 0.4) is 0 Å². The normalized spacial score (nSPS) is 12.3. The van der Waals surface area contributed by atoms with Crippen molar-refractivity contribution < 1.29 is 50.5 Å². The Hall–Kier alpha value is -3.72. The van der Waals surface area contributed by atoms with Gasteiger partial charge in [0.1, 0.15) is 17.1 Å². The van der Waals surface area contributed by atoms with Gasteiger partial charge >= 0.3 is 23.6 Å². The van der Waals surface area contributed by atoms with Crippen molar-refractivity contribution in [2.24, 2.45) is 0 Å². The summed E-state index contributed by atoms with van der Waals surface area (Å²) in [5, 5.41) is 14.8. The first kappa shape index (κ1) is 32.5. The maximum Gasteiger partial charge on any atom is 0.389 e. The molecule has 1 aromatic carbocycles. The van der Waals surface area contributed by atoms with Crippen LogP contribution in [0.4, 0.5) is 26.3 Å². The molecule has 0 aliphatic heterocycles. The van der Waals surface area contributed by atoms with E-state index in [2.05, 4.69) is 5.10 Å². The van der Waals surface area contributed by atoms with Crippen molar-refractivity contribution in [2.75, 3.05) is 13.2 Å². The van der Waals surface area contributed by atoms with E-state index in [1.54, 1.807) is 12.1 Å². The van der Waals surface area contributed by atoms with Gasteiger partial charge in [0.25, 0.3) is 5.88 Å². The monoisotopic (exact) mass is 584 g/mol. The lowest BCUT2D eigenvalue weighted by Crippen LogP contribution is -2.47. The van der Waals surface area contributed by atoms with Crippen LogP contribution in [0.15, 0.2) is 33.9 Å². The first-order valence-corrected chi connectivity index (χ1v) is 12.1. The molecule has 0 atom stereocenters. The van der Waals surface area contributed by atoms with Gasteiger partial charge in [-0.15, -0.1) is 5.10 Å². The van der Waals surface area contributed by atoms with Gasteiger partial charge in [-0.25, -0.2) is 9.48 Å². The number of benzene rings is 1. The quantitative estimate of drug-likeness (QED) is 0.231. The number of nitrogens with zero attached hydrogens (tertiary/aromatic N) is 3. The number of hydrogen-bond acceptors (Lipinski definition) is 8. The van der Waals surface area contributed by atoms with Crippen molar-refractivity contribution in [2.45, 2.75) is 77.0 Å². The molecule has 16 heteroatoms. The molecule has 1 heterocycles. The first-order chi connectivity index (χ1) is 18.5. The molecule has 1 aromatic heterocycles. The molecular formula is C24H28F6N3O7-. The molecule has 224 valence electrons. The van der Waals surface area contributed by atoms with Crippen LogP contribution in [-0.4, -0.2) is 51.5 Å². The molecule has 0 bridgehead atoms. The standard InChI is InChI=1S/C24H29F6N3O7/c1-22(2,20(35)36)40-17-8-3-7-16(15-17)38-13-6-14-39-18-19(34)32(11-4-9-23(25,26)27)21(37)33(31-18)12-5-10-24(28,29)30/h3,7-8,15H,4-6,9-14H2,1-2H3,(H,35,36)/p-1. The second kappa shape index (κ2) is 13.6. The van der Waals surface area contributed by atoms with Gasteiger partial charge in [0.15, 0.2) is 0 Å². The molecular weight excluding hydrogens is 556 g/mol. The Morgan fingerprint density at radius 3 is 2.08 bits per heavy atom. The predicted octanol–water partition coefficient (Wildman–Crippen LogP) is 2.85. The Morgan fingerprint density at radius 1 is 0.900 bits per heavy atom. The number of halogens is 6. The molecule has 0 radical (unpaired) electrons. The lowest BCUT2D eigenvalue weighted by atomic mass is 10.1. The molecule has 0 spiro atoms. The molecule has 40 heavy (non-hydrogen) atoms. The fraction of sp³-hybridized carbons (Fsp3) is 0.583. The number of hydrogen-bond donors (Lipinski definition) is 0. The van der Waals surface area contributed by atoms with Crippen LogP contribution in [0.25, 0.3) is 0 Å². The average molecular weight is 584 g/mol. The maximum atomic E-state index is 12.6. The molecule has 0 fully saturated rings. The minimum absolute atomic E-state index is 0.0261. The summed E-state index contributed by atoms with van der Waals surface area (Å²) < 4.78 is 92.3. The van der Waals surface area contributed by atoms with E-state index in [1.165, 1.54) is 26.0 Å². The van der Waals surface area contributed by atoms with Gasteiger partial charge in [0.05, 0.1) is 19.2 Å². The summed E-state index contributed by atoms with van der Waals surface area (Å²) in [6.45, 7) is 1.28. The van der Waals surface area contributed by atoms with Gasteiger partial charge in [-0.05, 0) is 38.8 Å². The van der Waals surface area contributed by atoms with Crippen LogP contribution in [0.5, 0.6) is 17.4 Å². The fourth-order valence-corrected chi connectivity index (χ4v) is 3.22. The second-order valence-electron chi connectivity index (χ2n) is 9.13. The number of carbonyl (C=O) groups excluding carboxylic acids is 1. The highest BCUT2D eigenvalue weighted by Gasteiger charge is 2.28. The third-order valence-electron chi connectivity index (χ3n) is 5.23. The number of aryl methyl sites for hydroxylation is 1. The highest BCUT2D eigenvalue weighted by molar-refractivity contribution is 5.74. The molecule has 0 unspecified atom stereocenters. The van der Waals surface area contributed by atoms with Gasteiger partial charge in [0, 0.05) is 38.4 Å². The lowest BCUT2D eigenvalue weighted by Gasteiger charge is -2.27. The summed E-state index contributed by atoms with van der Waals surface area (Å²) in [6.07, 6.45) is -12.6. The number of aromatic nitrogens is 3. The minimum atomic E-state index is -4.53. The number of ether oxygens (including phenoxy) is 3. The molecule has 2 aromatic rings. The largest absolute Gasteiger partial charge is 0.546 e. The number of alkyl halides is 6. The Labute approximate surface area is 224 Å². The Morgan fingerprint density at radius 2 is 1.48 bits per heavy atom. The van der Waals surface area contributed by atoms with E-state index in [4.69, 9.17) is 14.2 Å². The highest BCUT2D eigenvalue weighted by atomic mass is 19.4. The SMILES string of the molecule is CC(C)(Oc1cccc(OCCCOc2nn(CCCC(F)(F)F)c(=O)n(CCCC(F)(F)F)c2=O)c1)C(=O)[O-]. The van der Waals surface area contributed by atoms with Gasteiger partial charge in [0.2, 0.25) is 0 Å². The van der Waals surface area contributed by atoms with Crippen molar-refractivity contribution in [3.05, 3.63) is 45.1 Å². The van der Waals surface area contributed by atoms with E-state index in [9.17, 15) is 45.8 Å². The first-order valence-electron chi connectivity index (χ1n) is 12.1. The van der Waals surface area contributed by atoms with Crippen molar-refractivity contribution in [3.8, 4) is 17.4 Å². The average Bonchev–Trinajstić information content (AvgIpc) is 2.82. The number of carboxylic acid groups (broad SMARTS) is 1. The minimum Gasteiger partial charge on any atom is -0.546 e. The Kier molecular flexibility index (Phi) is 11.0. The van der Waals surface area contributed by atoms with E-state index in [0.29, 0.717) is 15.0 Å². The lowest BCUT2D eigenvalue weighted by molar-refractivity contribution is -0.320. The number of rotatable bonds is 15. The highest BCUT2D eigenvalue weighted by Crippen LogP contribution is 2.24. The Bertz CT molecular complexity index is 1260. The molecule has 10 nitrogen and oxygen atoms in total. The van der Waals surface area contributed by atoms with Crippen LogP contribution in [0.2, 0.25) is 0 Å². The predicted molar refractivity (Wildman–Crippen MR) is 125 cm³/mol. The van der Waals surface area contributed by atoms with Crippen LogP contribution in [0, 0.1) is 0 Å². The summed E-state index contributed by atoms with van der Waals surface area (Å²) in [6, 6.07) is 6.07. The van der Waals surface area contributed by atoms with Crippen molar-refractivity contribution >= 4 is 5.97 Å². The zero-order valence-corrected chi connectivity index (χ0v) is 21.6. The second-order valence-corrected chi connectivity index (χ2v) is 9.13.